The van der Waals surface area contributed by atoms with Gasteiger partial charge in [0.25, 0.3) is 0 Å². The zero-order valence-electron chi connectivity index (χ0n) is 17.1. The molecule has 0 unspecified atom stereocenters. The molecule has 3 rings (SSSR count). The van der Waals surface area contributed by atoms with Gasteiger partial charge in [0.1, 0.15) is 18.3 Å². The van der Waals surface area contributed by atoms with Crippen LogP contribution in [0.3, 0.4) is 0 Å². The zero-order chi connectivity index (χ0) is 21.5. The lowest BCUT2D eigenvalue weighted by molar-refractivity contribution is 0.539. The first-order valence-corrected chi connectivity index (χ1v) is 9.98. The van der Waals surface area contributed by atoms with E-state index >= 15 is 0 Å². The van der Waals surface area contributed by atoms with E-state index < -0.39 is 6.67 Å². The molecule has 30 heavy (non-hydrogen) atoms. The molecule has 1 saturated carbocycles. The number of alkyl halides is 1. The largest absolute Gasteiger partial charge is 0.399 e. The van der Waals surface area contributed by atoms with Gasteiger partial charge in [-0.05, 0) is 48.6 Å². The summed E-state index contributed by atoms with van der Waals surface area (Å²) in [7, 11) is 1.61. The third-order valence-electron chi connectivity index (χ3n) is 5.29. The van der Waals surface area contributed by atoms with Crippen molar-refractivity contribution < 1.29 is 4.39 Å². The number of hydrogen-bond acceptors (Lipinski definition) is 6. The van der Waals surface area contributed by atoms with E-state index in [0.29, 0.717) is 22.9 Å². The van der Waals surface area contributed by atoms with Crippen LogP contribution < -0.4 is 21.7 Å². The van der Waals surface area contributed by atoms with Gasteiger partial charge in [0.05, 0.1) is 11.4 Å². The summed E-state index contributed by atoms with van der Waals surface area (Å²) in [6, 6.07) is 0. The highest BCUT2D eigenvalue weighted by Gasteiger charge is 2.20. The second-order valence-electron chi connectivity index (χ2n) is 7.36. The van der Waals surface area contributed by atoms with Gasteiger partial charge >= 0.3 is 0 Å². The standard InChI is InChI=1S/C22H28FN7/c1-27-13-17(18(25)10-23)16-8-20-19(28-12-16)6-7-22(29-20)30-21(26)9-15(11-24)14-4-2-3-5-14/h6-9,11-14,24,28-29H,2-5,10,25H2,1H3,(H2,26,30). The Hall–Kier alpha value is -3.42. The first-order valence-electron chi connectivity index (χ1n) is 9.98. The van der Waals surface area contributed by atoms with E-state index in [2.05, 4.69) is 20.9 Å². The molecule has 1 fully saturated rings. The molecule has 0 aromatic carbocycles. The Morgan fingerprint density at radius 1 is 1.33 bits per heavy atom. The number of hydrogen-bond donors (Lipinski definition) is 6. The van der Waals surface area contributed by atoms with Gasteiger partial charge in [-0.2, -0.15) is 0 Å². The number of nitrogens with one attached hydrogen (secondary N) is 5. The minimum atomic E-state index is -0.759. The van der Waals surface area contributed by atoms with Gasteiger partial charge < -0.3 is 27.1 Å². The van der Waals surface area contributed by atoms with Crippen molar-refractivity contribution in [2.75, 3.05) is 13.7 Å². The molecule has 1 aliphatic carbocycles. The second-order valence-corrected chi connectivity index (χ2v) is 7.36. The Morgan fingerprint density at radius 2 is 2.10 bits per heavy atom. The van der Waals surface area contributed by atoms with Gasteiger partial charge in [-0.25, -0.2) is 4.39 Å². The molecule has 2 heterocycles. The normalized spacial score (nSPS) is 20.1. The molecule has 0 amide bonds. The monoisotopic (exact) mass is 409 g/mol. The molecule has 0 atom stereocenters. The van der Waals surface area contributed by atoms with Crippen LogP contribution in [0.25, 0.3) is 0 Å². The van der Waals surface area contributed by atoms with Gasteiger partial charge in [0, 0.05) is 42.5 Å². The van der Waals surface area contributed by atoms with Crippen LogP contribution in [0, 0.1) is 16.7 Å². The van der Waals surface area contributed by atoms with Crippen molar-refractivity contribution in [2.24, 2.45) is 16.6 Å². The molecule has 2 aliphatic heterocycles. The highest BCUT2D eigenvalue weighted by molar-refractivity contribution is 5.97. The van der Waals surface area contributed by atoms with E-state index in [-0.39, 0.29) is 11.5 Å². The maximum atomic E-state index is 13.1. The third-order valence-corrected chi connectivity index (χ3v) is 5.29. The SMILES string of the molecule is CN=CC(C1=CNC2=CC=C(NC(=N)C=C(C=N)C3CCCC3)NC2=C1)=C(N)CF. The molecule has 0 radical (unpaired) electrons. The highest BCUT2D eigenvalue weighted by Crippen LogP contribution is 2.30. The average molecular weight is 410 g/mol. The Kier molecular flexibility index (Phi) is 7.00. The van der Waals surface area contributed by atoms with Crippen molar-refractivity contribution >= 4 is 18.3 Å². The molecule has 158 valence electrons. The number of nitrogens with zero attached hydrogens (tertiary/aromatic N) is 1. The smallest absolute Gasteiger partial charge is 0.129 e. The topological polar surface area (TPSA) is 122 Å². The third kappa shape index (κ3) is 4.94. The maximum absolute atomic E-state index is 13.1. The average Bonchev–Trinajstić information content (AvgIpc) is 3.29. The van der Waals surface area contributed by atoms with Crippen LogP contribution in [-0.2, 0) is 0 Å². The lowest BCUT2D eigenvalue weighted by atomic mass is 9.98. The predicted octanol–water partition coefficient (Wildman–Crippen LogP) is 2.90. The molecule has 7 N–H and O–H groups in total. The molecule has 7 nitrogen and oxygen atoms in total. The van der Waals surface area contributed by atoms with Gasteiger partial charge in [-0.3, -0.25) is 10.4 Å². The fraction of sp³-hybridized carbons (Fsp3) is 0.318. The minimum absolute atomic E-state index is 0.112. The first kappa shape index (κ1) is 21.3. The molecular weight excluding hydrogens is 381 g/mol. The van der Waals surface area contributed by atoms with Crippen molar-refractivity contribution in [3.8, 4) is 0 Å². The fourth-order valence-corrected chi connectivity index (χ4v) is 3.76. The van der Waals surface area contributed by atoms with Gasteiger partial charge in [0.15, 0.2) is 0 Å². The quantitative estimate of drug-likeness (QED) is 0.286. The summed E-state index contributed by atoms with van der Waals surface area (Å²) in [4.78, 5) is 3.97. The van der Waals surface area contributed by atoms with E-state index in [4.69, 9.17) is 16.6 Å². The van der Waals surface area contributed by atoms with Gasteiger partial charge in [-0.1, -0.05) is 12.8 Å². The summed E-state index contributed by atoms with van der Waals surface area (Å²) >= 11 is 0. The maximum Gasteiger partial charge on any atom is 0.129 e. The summed E-state index contributed by atoms with van der Waals surface area (Å²) in [6.07, 6.45) is 16.5. The summed E-state index contributed by atoms with van der Waals surface area (Å²) in [5.41, 5.74) is 9.66. The van der Waals surface area contributed by atoms with E-state index in [1.54, 1.807) is 19.3 Å². The van der Waals surface area contributed by atoms with Gasteiger partial charge in [-0.15, -0.1) is 0 Å². The summed E-state index contributed by atoms with van der Waals surface area (Å²) in [6.45, 7) is -0.759. The Morgan fingerprint density at radius 3 is 2.77 bits per heavy atom. The number of allylic oxidation sites excluding steroid dienone is 7. The van der Waals surface area contributed by atoms with E-state index in [1.807, 2.05) is 18.2 Å². The van der Waals surface area contributed by atoms with Crippen molar-refractivity contribution in [1.29, 1.82) is 10.8 Å². The first-order chi connectivity index (χ1) is 14.5. The number of amidine groups is 1. The van der Waals surface area contributed by atoms with Crippen LogP contribution in [0.5, 0.6) is 0 Å². The van der Waals surface area contributed by atoms with Crippen LogP contribution in [0.4, 0.5) is 4.39 Å². The highest BCUT2D eigenvalue weighted by atomic mass is 19.1. The minimum Gasteiger partial charge on any atom is -0.399 e. The zero-order valence-corrected chi connectivity index (χ0v) is 17.1. The molecule has 0 aromatic heterocycles. The lowest BCUT2D eigenvalue weighted by Crippen LogP contribution is -2.35. The fourth-order valence-electron chi connectivity index (χ4n) is 3.76. The van der Waals surface area contributed by atoms with Gasteiger partial charge in [0.2, 0.25) is 0 Å². The molecule has 0 spiro atoms. The van der Waals surface area contributed by atoms with Crippen molar-refractivity contribution in [2.45, 2.75) is 25.7 Å². The van der Waals surface area contributed by atoms with E-state index in [1.165, 1.54) is 25.3 Å². The van der Waals surface area contributed by atoms with Crippen molar-refractivity contribution in [1.82, 2.24) is 16.0 Å². The Labute approximate surface area is 176 Å². The van der Waals surface area contributed by atoms with E-state index in [9.17, 15) is 4.39 Å². The van der Waals surface area contributed by atoms with Crippen LogP contribution in [-0.4, -0.2) is 32.0 Å². The lowest BCUT2D eigenvalue weighted by Gasteiger charge is -2.25. The number of dihydropyridines is 2. The van der Waals surface area contributed by atoms with Crippen molar-refractivity contribution in [3.05, 3.63) is 70.1 Å². The summed E-state index contributed by atoms with van der Waals surface area (Å²) < 4.78 is 13.1. The van der Waals surface area contributed by atoms with Crippen LogP contribution >= 0.6 is 0 Å². The Bertz CT molecular complexity index is 925. The number of fused-ring (bicyclic) bond motifs is 1. The van der Waals surface area contributed by atoms with Crippen LogP contribution in [0.2, 0.25) is 0 Å². The number of nitrogens with two attached hydrogens (primary N) is 1. The van der Waals surface area contributed by atoms with E-state index in [0.717, 1.165) is 29.8 Å². The number of rotatable bonds is 7. The molecular formula is C22H28FN7. The number of aliphatic imine (C=N–C) groups is 1. The summed E-state index contributed by atoms with van der Waals surface area (Å²) in [5.74, 6) is 1.23. The molecule has 8 heteroatoms. The molecule has 0 bridgehead atoms. The van der Waals surface area contributed by atoms with Crippen LogP contribution in [0.15, 0.2) is 75.1 Å². The van der Waals surface area contributed by atoms with Crippen molar-refractivity contribution in [3.63, 3.8) is 0 Å². The van der Waals surface area contributed by atoms with Crippen LogP contribution in [0.1, 0.15) is 25.7 Å². The predicted molar refractivity (Wildman–Crippen MR) is 120 cm³/mol. The number of halogens is 1. The Balaban J connectivity index is 1.73. The molecule has 0 aromatic rings. The summed E-state index contributed by atoms with van der Waals surface area (Å²) in [5, 5.41) is 25.4. The molecule has 3 aliphatic rings. The molecule has 0 saturated heterocycles. The second kappa shape index (κ2) is 9.87.